The Bertz CT molecular complexity index is 1220. The molecule has 1 unspecified atom stereocenters. The summed E-state index contributed by atoms with van der Waals surface area (Å²) in [5, 5.41) is 24.2. The zero-order valence-electron chi connectivity index (χ0n) is 17.6. The molecule has 0 saturated carbocycles. The number of anilines is 2. The van der Waals surface area contributed by atoms with Crippen LogP contribution in [0.2, 0.25) is 0 Å². The van der Waals surface area contributed by atoms with Gasteiger partial charge in [0, 0.05) is 5.69 Å². The molecule has 156 valence electrons. The number of nitrogen functional groups attached to an aromatic ring is 1. The molecule has 6 nitrogen and oxygen atoms in total. The van der Waals surface area contributed by atoms with Gasteiger partial charge in [0.25, 0.3) is 0 Å². The number of carbonyl (C=O) groups is 1. The summed E-state index contributed by atoms with van der Waals surface area (Å²) in [5.41, 5.74) is 7.82. The molecule has 7 heteroatoms. The molecule has 31 heavy (non-hydrogen) atoms. The third-order valence-corrected chi connectivity index (χ3v) is 6.32. The van der Waals surface area contributed by atoms with Crippen LogP contribution in [0.5, 0.6) is 0 Å². The van der Waals surface area contributed by atoms with E-state index in [1.807, 2.05) is 63.2 Å². The molecular weight excluding hydrogens is 406 g/mol. The fraction of sp³-hybridized carbons (Fsp3) is 0.250. The lowest BCUT2D eigenvalue weighted by atomic mass is 9.94. The highest BCUT2D eigenvalue weighted by Crippen LogP contribution is 2.35. The lowest BCUT2D eigenvalue weighted by Crippen LogP contribution is -2.25. The Morgan fingerprint density at radius 3 is 2.42 bits per heavy atom. The summed E-state index contributed by atoms with van der Waals surface area (Å²) in [7, 11) is 0. The van der Waals surface area contributed by atoms with Crippen LogP contribution < -0.4 is 11.1 Å². The number of nitrogens with two attached hydrogens (primary N) is 1. The molecule has 0 radical (unpaired) electrons. The molecule has 3 rings (SSSR count). The second kappa shape index (κ2) is 9.51. The van der Waals surface area contributed by atoms with Gasteiger partial charge in [0.15, 0.2) is 0 Å². The van der Waals surface area contributed by atoms with Crippen molar-refractivity contribution in [1.29, 1.82) is 10.5 Å². The number of thioether (sulfide) groups is 1. The first-order valence-electron chi connectivity index (χ1n) is 9.99. The number of amides is 1. The summed E-state index contributed by atoms with van der Waals surface area (Å²) in [6.07, 6.45) is 0.535. The van der Waals surface area contributed by atoms with Gasteiger partial charge in [0.1, 0.15) is 23.0 Å². The van der Waals surface area contributed by atoms with E-state index in [-0.39, 0.29) is 23.2 Å². The maximum atomic E-state index is 13.0. The smallest absolute Gasteiger partial charge is 0.237 e. The van der Waals surface area contributed by atoms with Gasteiger partial charge in [-0.15, -0.1) is 0 Å². The third-order valence-electron chi connectivity index (χ3n) is 4.97. The quantitative estimate of drug-likeness (QED) is 0.521. The lowest BCUT2D eigenvalue weighted by molar-refractivity contribution is -0.115. The monoisotopic (exact) mass is 429 g/mol. The normalized spacial score (nSPS) is 11.7. The lowest BCUT2D eigenvalue weighted by Gasteiger charge is -2.18. The average molecular weight is 430 g/mol. The Balaban J connectivity index is 1.90. The van der Waals surface area contributed by atoms with Gasteiger partial charge < -0.3 is 11.1 Å². The van der Waals surface area contributed by atoms with Crippen molar-refractivity contribution in [3.05, 3.63) is 59.2 Å². The number of rotatable bonds is 6. The van der Waals surface area contributed by atoms with Crippen molar-refractivity contribution in [3.63, 3.8) is 0 Å². The molecule has 1 atom stereocenters. The average Bonchev–Trinajstić information content (AvgIpc) is 2.76. The number of nitriles is 2. The van der Waals surface area contributed by atoms with Crippen LogP contribution in [0.25, 0.3) is 10.8 Å². The zero-order chi connectivity index (χ0) is 22.5. The first-order valence-corrected chi connectivity index (χ1v) is 10.9. The predicted octanol–water partition coefficient (Wildman–Crippen LogP) is 5.19. The molecule has 2 aromatic carbocycles. The minimum atomic E-state index is -0.474. The Morgan fingerprint density at radius 2 is 1.81 bits per heavy atom. The third kappa shape index (κ3) is 4.63. The Morgan fingerprint density at radius 1 is 1.13 bits per heavy atom. The van der Waals surface area contributed by atoms with Crippen molar-refractivity contribution in [2.24, 2.45) is 0 Å². The number of carbonyl (C=O) groups excluding carboxylic acids is 1. The van der Waals surface area contributed by atoms with Crippen molar-refractivity contribution < 1.29 is 4.79 Å². The molecule has 3 aromatic rings. The van der Waals surface area contributed by atoms with Crippen LogP contribution in [0.3, 0.4) is 0 Å². The van der Waals surface area contributed by atoms with Crippen molar-refractivity contribution >= 4 is 39.9 Å². The highest BCUT2D eigenvalue weighted by atomic mass is 32.2. The number of hydrogen-bond donors (Lipinski definition) is 2. The Kier molecular flexibility index (Phi) is 6.79. The Labute approximate surface area is 186 Å². The van der Waals surface area contributed by atoms with Crippen molar-refractivity contribution in [2.75, 3.05) is 11.1 Å². The number of benzene rings is 2. The molecule has 3 N–H and O–H groups in total. The molecule has 1 aromatic heterocycles. The van der Waals surface area contributed by atoms with Crippen LogP contribution in [0.15, 0.2) is 47.5 Å². The second-order valence-electron chi connectivity index (χ2n) is 7.41. The highest BCUT2D eigenvalue weighted by molar-refractivity contribution is 8.00. The van der Waals surface area contributed by atoms with E-state index >= 15 is 0 Å². The maximum absolute atomic E-state index is 13.0. The van der Waals surface area contributed by atoms with E-state index < -0.39 is 5.25 Å². The first-order chi connectivity index (χ1) is 14.9. The molecule has 1 heterocycles. The summed E-state index contributed by atoms with van der Waals surface area (Å²) in [5.74, 6) is -0.180. The van der Waals surface area contributed by atoms with Crippen LogP contribution in [-0.4, -0.2) is 16.1 Å². The van der Waals surface area contributed by atoms with Gasteiger partial charge in [0.05, 0.1) is 16.4 Å². The van der Waals surface area contributed by atoms with Crippen molar-refractivity contribution in [3.8, 4) is 12.1 Å². The number of pyridine rings is 1. The van der Waals surface area contributed by atoms with Gasteiger partial charge in [-0.1, -0.05) is 62.9 Å². The number of aromatic nitrogens is 1. The van der Waals surface area contributed by atoms with E-state index in [0.717, 1.165) is 10.8 Å². The summed E-state index contributed by atoms with van der Waals surface area (Å²) in [6.45, 7) is 5.70. The minimum absolute atomic E-state index is 0.0810. The molecule has 0 bridgehead atoms. The van der Waals surface area contributed by atoms with Gasteiger partial charge in [-0.2, -0.15) is 10.5 Å². The van der Waals surface area contributed by atoms with E-state index in [1.165, 1.54) is 11.8 Å². The molecule has 0 fully saturated rings. The van der Waals surface area contributed by atoms with E-state index in [4.69, 9.17) is 5.73 Å². The van der Waals surface area contributed by atoms with Crippen LogP contribution in [-0.2, 0) is 4.79 Å². The van der Waals surface area contributed by atoms with E-state index in [0.29, 0.717) is 28.3 Å². The van der Waals surface area contributed by atoms with Gasteiger partial charge >= 0.3 is 0 Å². The maximum Gasteiger partial charge on any atom is 0.237 e. The van der Waals surface area contributed by atoms with Crippen LogP contribution in [0.4, 0.5) is 11.5 Å². The van der Waals surface area contributed by atoms with Crippen molar-refractivity contribution in [2.45, 2.75) is 43.4 Å². The molecule has 0 spiro atoms. The second-order valence-corrected chi connectivity index (χ2v) is 8.60. The largest absolute Gasteiger partial charge is 0.383 e. The first kappa shape index (κ1) is 22.1. The number of hydrogen-bond acceptors (Lipinski definition) is 6. The molecular formula is C24H23N5OS. The van der Waals surface area contributed by atoms with E-state index in [1.54, 1.807) is 0 Å². The Hall–Kier alpha value is -3.55. The van der Waals surface area contributed by atoms with Crippen LogP contribution in [0, 0.1) is 22.7 Å². The van der Waals surface area contributed by atoms with Gasteiger partial charge in [0.2, 0.25) is 5.91 Å². The fourth-order valence-electron chi connectivity index (χ4n) is 3.43. The molecule has 1 amide bonds. The van der Waals surface area contributed by atoms with Crippen LogP contribution >= 0.6 is 11.8 Å². The summed E-state index contributed by atoms with van der Waals surface area (Å²) in [6, 6.07) is 17.9. The van der Waals surface area contributed by atoms with Gasteiger partial charge in [-0.25, -0.2) is 4.98 Å². The summed E-state index contributed by atoms with van der Waals surface area (Å²) >= 11 is 1.20. The van der Waals surface area contributed by atoms with Crippen molar-refractivity contribution in [1.82, 2.24) is 4.98 Å². The van der Waals surface area contributed by atoms with E-state index in [9.17, 15) is 15.3 Å². The zero-order valence-corrected chi connectivity index (χ0v) is 18.5. The molecule has 0 aliphatic heterocycles. The van der Waals surface area contributed by atoms with E-state index in [2.05, 4.69) is 22.4 Å². The number of fused-ring (bicyclic) bond motifs is 1. The van der Waals surface area contributed by atoms with Crippen LogP contribution in [0.1, 0.15) is 49.8 Å². The standard InChI is InChI=1S/C24H23N5OS/c1-4-20(23(30)28-17-10-9-15-7-5-6-8-16(15)11-17)31-24-19(13-26)21(14(2)3)18(12-25)22(27)29-24/h5-11,14,20H,4H2,1-3H3,(H2,27,29)(H,28,30). The van der Waals surface area contributed by atoms with Gasteiger partial charge in [-0.05, 0) is 40.8 Å². The molecule has 0 aliphatic carbocycles. The number of nitrogens with one attached hydrogen (secondary N) is 1. The predicted molar refractivity (Wildman–Crippen MR) is 125 cm³/mol. The summed E-state index contributed by atoms with van der Waals surface area (Å²) < 4.78 is 0. The number of nitrogens with zero attached hydrogens (tertiary/aromatic N) is 3. The van der Waals surface area contributed by atoms with Gasteiger partial charge in [-0.3, -0.25) is 4.79 Å². The molecule has 0 aliphatic rings. The minimum Gasteiger partial charge on any atom is -0.383 e. The molecule has 0 saturated heterocycles. The highest BCUT2D eigenvalue weighted by Gasteiger charge is 2.25. The topological polar surface area (TPSA) is 116 Å². The SMILES string of the molecule is CCC(Sc1nc(N)c(C#N)c(C(C)C)c1C#N)C(=O)Nc1ccc2ccccc2c1. The fourth-order valence-corrected chi connectivity index (χ4v) is 4.46. The summed E-state index contributed by atoms with van der Waals surface area (Å²) in [4.78, 5) is 17.3.